The molecule has 0 saturated heterocycles. The quantitative estimate of drug-likeness (QED) is 0.779. The van der Waals surface area contributed by atoms with Gasteiger partial charge in [-0.15, -0.1) is 5.10 Å². The van der Waals surface area contributed by atoms with Crippen LogP contribution in [0.15, 0.2) is 30.0 Å². The molecule has 1 aliphatic heterocycles. The van der Waals surface area contributed by atoms with Gasteiger partial charge >= 0.3 is 0 Å². The molecule has 4 rings (SSSR count). The molecule has 1 saturated carbocycles. The molecule has 0 bridgehead atoms. The first-order valence-corrected chi connectivity index (χ1v) is 8.86. The van der Waals surface area contributed by atoms with E-state index < -0.39 is 0 Å². The number of rotatable bonds is 4. The Bertz CT molecular complexity index is 912. The summed E-state index contributed by atoms with van der Waals surface area (Å²) in [6.45, 7) is 1.64. The number of hydrogen-bond acceptors (Lipinski definition) is 6. The maximum Gasteiger partial charge on any atom is 0.275 e. The summed E-state index contributed by atoms with van der Waals surface area (Å²) < 4.78 is 1.74. The second-order valence-electron chi connectivity index (χ2n) is 6.93. The van der Waals surface area contributed by atoms with Gasteiger partial charge in [0.15, 0.2) is 5.82 Å². The zero-order chi connectivity index (χ0) is 18.4. The van der Waals surface area contributed by atoms with Gasteiger partial charge in [0.1, 0.15) is 5.52 Å². The summed E-state index contributed by atoms with van der Waals surface area (Å²) in [6.07, 6.45) is 7.88. The molecule has 3 heterocycles. The lowest BCUT2D eigenvalue weighted by Gasteiger charge is -2.29. The van der Waals surface area contributed by atoms with Crippen LogP contribution in [0.25, 0.3) is 5.52 Å². The maximum absolute atomic E-state index is 12.4. The molecule has 0 aromatic carbocycles. The predicted molar refractivity (Wildman–Crippen MR) is 97.7 cm³/mol. The van der Waals surface area contributed by atoms with Gasteiger partial charge in [0.2, 0.25) is 5.95 Å². The zero-order valence-electron chi connectivity index (χ0n) is 15.2. The highest BCUT2D eigenvalue weighted by molar-refractivity contribution is 6.16. The Morgan fingerprint density at radius 1 is 1.19 bits per heavy atom. The van der Waals surface area contributed by atoms with Crippen LogP contribution in [0.3, 0.4) is 0 Å². The molecular formula is C18H22N6O2. The number of carbonyl (C=O) groups is 2. The van der Waals surface area contributed by atoms with Crippen LogP contribution in [-0.4, -0.2) is 51.6 Å². The summed E-state index contributed by atoms with van der Waals surface area (Å²) in [7, 11) is 3.68. The Morgan fingerprint density at radius 2 is 1.92 bits per heavy atom. The van der Waals surface area contributed by atoms with Crippen molar-refractivity contribution in [3.8, 4) is 0 Å². The molecule has 0 radical (unpaired) electrons. The number of hydrogen-bond donors (Lipinski definition) is 0. The first kappa shape index (κ1) is 16.6. The summed E-state index contributed by atoms with van der Waals surface area (Å²) >= 11 is 0. The van der Waals surface area contributed by atoms with E-state index in [0.717, 1.165) is 23.4 Å². The van der Waals surface area contributed by atoms with E-state index in [4.69, 9.17) is 4.98 Å². The number of imide groups is 1. The van der Waals surface area contributed by atoms with Crippen molar-refractivity contribution >= 4 is 29.1 Å². The standard InChI is InChI=1S/C18H22N6O2/c1-12-11-15(25)24(17(12)26)22(3)16-14-9-6-10-23(14)20-18(19-16)21(2)13-7-4-5-8-13/h6,9-11,13H,4-5,7-8H2,1-3H3. The van der Waals surface area contributed by atoms with E-state index in [1.165, 1.54) is 23.9 Å². The lowest BCUT2D eigenvalue weighted by Crippen LogP contribution is -2.45. The van der Waals surface area contributed by atoms with Crippen LogP contribution >= 0.6 is 0 Å². The van der Waals surface area contributed by atoms with Crippen molar-refractivity contribution in [2.75, 3.05) is 24.0 Å². The van der Waals surface area contributed by atoms with Crippen LogP contribution in [0.2, 0.25) is 0 Å². The minimum atomic E-state index is -0.357. The van der Waals surface area contributed by atoms with Crippen molar-refractivity contribution in [2.45, 2.75) is 38.6 Å². The van der Waals surface area contributed by atoms with E-state index in [-0.39, 0.29) is 11.8 Å². The van der Waals surface area contributed by atoms with Crippen LogP contribution in [-0.2, 0) is 9.59 Å². The molecule has 26 heavy (non-hydrogen) atoms. The smallest absolute Gasteiger partial charge is 0.275 e. The molecule has 1 aliphatic carbocycles. The summed E-state index contributed by atoms with van der Waals surface area (Å²) in [4.78, 5) is 31.4. The van der Waals surface area contributed by atoms with Crippen molar-refractivity contribution in [2.24, 2.45) is 0 Å². The molecule has 2 aromatic heterocycles. The van der Waals surface area contributed by atoms with Crippen molar-refractivity contribution in [1.82, 2.24) is 19.6 Å². The van der Waals surface area contributed by atoms with Crippen molar-refractivity contribution in [1.29, 1.82) is 0 Å². The van der Waals surface area contributed by atoms with Gasteiger partial charge in [-0.2, -0.15) is 9.99 Å². The maximum atomic E-state index is 12.4. The number of anilines is 2. The van der Waals surface area contributed by atoms with Gasteiger partial charge in [-0.1, -0.05) is 12.8 Å². The van der Waals surface area contributed by atoms with E-state index in [9.17, 15) is 9.59 Å². The lowest BCUT2D eigenvalue weighted by atomic mass is 10.2. The number of aromatic nitrogens is 3. The summed E-state index contributed by atoms with van der Waals surface area (Å²) in [6, 6.07) is 4.16. The first-order chi connectivity index (χ1) is 12.5. The Hall–Kier alpha value is -2.90. The zero-order valence-corrected chi connectivity index (χ0v) is 15.2. The fraction of sp³-hybridized carbons (Fsp3) is 0.444. The average molecular weight is 354 g/mol. The molecule has 2 aromatic rings. The summed E-state index contributed by atoms with van der Waals surface area (Å²) in [5, 5.41) is 7.24. The third kappa shape index (κ3) is 2.53. The number of fused-ring (bicyclic) bond motifs is 1. The van der Waals surface area contributed by atoms with Crippen LogP contribution in [0.4, 0.5) is 11.8 Å². The van der Waals surface area contributed by atoms with Crippen LogP contribution in [0.1, 0.15) is 32.6 Å². The highest BCUT2D eigenvalue weighted by Crippen LogP contribution is 2.28. The van der Waals surface area contributed by atoms with Crippen LogP contribution < -0.4 is 9.91 Å². The van der Waals surface area contributed by atoms with E-state index in [2.05, 4.69) is 10.00 Å². The normalized spacial score (nSPS) is 18.1. The predicted octanol–water partition coefficient (Wildman–Crippen LogP) is 1.77. The van der Waals surface area contributed by atoms with Crippen molar-refractivity contribution in [3.63, 3.8) is 0 Å². The van der Waals surface area contributed by atoms with Crippen molar-refractivity contribution < 1.29 is 9.59 Å². The Kier molecular flexibility index (Phi) is 3.90. The Morgan fingerprint density at radius 3 is 2.58 bits per heavy atom. The van der Waals surface area contributed by atoms with Gasteiger partial charge in [0.25, 0.3) is 11.8 Å². The third-order valence-electron chi connectivity index (χ3n) is 5.23. The fourth-order valence-electron chi connectivity index (χ4n) is 3.70. The largest absolute Gasteiger partial charge is 0.340 e. The van der Waals surface area contributed by atoms with Gasteiger partial charge in [0.05, 0.1) is 0 Å². The molecule has 136 valence electrons. The van der Waals surface area contributed by atoms with Gasteiger partial charge in [-0.25, -0.2) is 4.52 Å². The molecule has 2 aliphatic rings. The summed E-state index contributed by atoms with van der Waals surface area (Å²) in [5.41, 5.74) is 1.16. The van der Waals surface area contributed by atoms with Gasteiger partial charge in [-0.3, -0.25) is 14.6 Å². The van der Waals surface area contributed by atoms with E-state index >= 15 is 0 Å². The molecule has 8 heteroatoms. The topological polar surface area (TPSA) is 74.1 Å². The van der Waals surface area contributed by atoms with E-state index in [0.29, 0.717) is 23.4 Å². The number of carbonyl (C=O) groups excluding carboxylic acids is 2. The molecule has 0 spiro atoms. The fourth-order valence-corrected chi connectivity index (χ4v) is 3.70. The Labute approximate surface area is 151 Å². The molecule has 0 N–H and O–H groups in total. The molecule has 1 fully saturated rings. The van der Waals surface area contributed by atoms with Gasteiger partial charge in [-0.05, 0) is 31.9 Å². The number of hydrazine groups is 1. The molecule has 2 amide bonds. The van der Waals surface area contributed by atoms with E-state index in [1.807, 2.05) is 25.4 Å². The minimum absolute atomic E-state index is 0.327. The highest BCUT2D eigenvalue weighted by atomic mass is 16.2. The number of amides is 2. The third-order valence-corrected chi connectivity index (χ3v) is 5.23. The van der Waals surface area contributed by atoms with Gasteiger partial charge < -0.3 is 4.90 Å². The molecular weight excluding hydrogens is 332 g/mol. The number of nitrogens with zero attached hydrogens (tertiary/aromatic N) is 6. The first-order valence-electron chi connectivity index (χ1n) is 8.86. The molecule has 0 atom stereocenters. The average Bonchev–Trinajstić information content (AvgIpc) is 3.35. The molecule has 8 nitrogen and oxygen atoms in total. The van der Waals surface area contributed by atoms with E-state index in [1.54, 1.807) is 18.5 Å². The highest BCUT2D eigenvalue weighted by Gasteiger charge is 2.34. The van der Waals surface area contributed by atoms with Crippen molar-refractivity contribution in [3.05, 3.63) is 30.0 Å². The summed E-state index contributed by atoms with van der Waals surface area (Å²) in [5.74, 6) is 0.427. The Balaban J connectivity index is 1.75. The molecule has 0 unspecified atom stereocenters. The second kappa shape index (κ2) is 6.12. The van der Waals surface area contributed by atoms with Gasteiger partial charge in [0, 0.05) is 38.0 Å². The lowest BCUT2D eigenvalue weighted by molar-refractivity contribution is -0.137. The SMILES string of the molecule is CC1=CC(=O)N(N(C)c2nc(N(C)C3CCCC3)nn3cccc23)C1=O. The van der Waals surface area contributed by atoms with Crippen LogP contribution in [0.5, 0.6) is 0 Å². The second-order valence-corrected chi connectivity index (χ2v) is 6.93. The van der Waals surface area contributed by atoms with Crippen LogP contribution in [0, 0.1) is 0 Å². The minimum Gasteiger partial charge on any atom is -0.340 e. The monoisotopic (exact) mass is 354 g/mol.